The van der Waals surface area contributed by atoms with Gasteiger partial charge in [0.25, 0.3) is 5.91 Å². The van der Waals surface area contributed by atoms with E-state index in [1.165, 1.54) is 24.5 Å². The molecule has 2 aromatic heterocycles. The van der Waals surface area contributed by atoms with Crippen LogP contribution in [0.4, 0.5) is 19.0 Å². The first kappa shape index (κ1) is 23.0. The molecule has 0 saturated carbocycles. The van der Waals surface area contributed by atoms with Crippen LogP contribution in [0.3, 0.4) is 0 Å². The minimum Gasteiger partial charge on any atom is -0.493 e. The number of benzene rings is 1. The fourth-order valence-corrected chi connectivity index (χ4v) is 4.60. The molecule has 1 aliphatic heterocycles. The molecule has 11 heteroatoms. The molecule has 0 bridgehead atoms. The Morgan fingerprint density at radius 1 is 1.24 bits per heavy atom. The van der Waals surface area contributed by atoms with Crippen LogP contribution in [-0.2, 0) is 6.42 Å². The minimum absolute atomic E-state index is 0.0640. The molecule has 1 amide bonds. The number of ether oxygens (including phenoxy) is 2. The number of nitrogens with one attached hydrogen (secondary N) is 2. The Morgan fingerprint density at radius 3 is 2.70 bits per heavy atom. The van der Waals surface area contributed by atoms with Gasteiger partial charge in [-0.25, -0.2) is 4.68 Å². The van der Waals surface area contributed by atoms with Crippen LogP contribution >= 0.6 is 11.3 Å². The van der Waals surface area contributed by atoms with Crippen molar-refractivity contribution < 1.29 is 27.4 Å². The smallest absolute Gasteiger partial charge is 0.410 e. The lowest BCUT2D eigenvalue weighted by Crippen LogP contribution is -2.35. The fourth-order valence-electron chi connectivity index (χ4n) is 3.81. The number of halogens is 3. The van der Waals surface area contributed by atoms with Crippen LogP contribution in [0.15, 0.2) is 41.8 Å². The third-order valence-electron chi connectivity index (χ3n) is 5.46. The molecule has 3 heterocycles. The molecule has 0 radical (unpaired) electrons. The summed E-state index contributed by atoms with van der Waals surface area (Å²) in [6.45, 7) is 0.282. The summed E-state index contributed by atoms with van der Waals surface area (Å²) in [4.78, 5) is 13.4. The van der Waals surface area contributed by atoms with Crippen molar-refractivity contribution in [2.45, 2.75) is 31.1 Å². The SMILES string of the molecule is COc1ccc(CCNC(=O)c2cc3n(n2)[C@@H](C(F)(F)F)C[C@H](c2cccs2)N3)cc1OC. The second kappa shape index (κ2) is 9.34. The maximum absolute atomic E-state index is 13.7. The Labute approximate surface area is 192 Å². The monoisotopic (exact) mass is 480 g/mol. The van der Waals surface area contributed by atoms with E-state index in [1.54, 1.807) is 25.3 Å². The molecule has 2 atom stereocenters. The van der Waals surface area contributed by atoms with Gasteiger partial charge in [0.1, 0.15) is 5.82 Å². The van der Waals surface area contributed by atoms with E-state index in [-0.39, 0.29) is 24.5 Å². The number of aromatic nitrogens is 2. The van der Waals surface area contributed by atoms with Crippen molar-refractivity contribution in [2.24, 2.45) is 0 Å². The molecule has 33 heavy (non-hydrogen) atoms. The number of carbonyl (C=O) groups is 1. The van der Waals surface area contributed by atoms with E-state index in [1.807, 2.05) is 17.5 Å². The molecular formula is C22H23F3N4O3S. The number of alkyl halides is 3. The molecule has 0 unspecified atom stereocenters. The predicted molar refractivity (Wildman–Crippen MR) is 118 cm³/mol. The number of thiophene rings is 1. The molecule has 3 aromatic rings. The van der Waals surface area contributed by atoms with Crippen molar-refractivity contribution in [2.75, 3.05) is 26.1 Å². The van der Waals surface area contributed by atoms with Crippen LogP contribution in [0.25, 0.3) is 0 Å². The van der Waals surface area contributed by atoms with Crippen molar-refractivity contribution in [3.63, 3.8) is 0 Å². The average Bonchev–Trinajstić information content (AvgIpc) is 3.47. The zero-order valence-electron chi connectivity index (χ0n) is 18.0. The van der Waals surface area contributed by atoms with Crippen molar-refractivity contribution >= 4 is 23.1 Å². The largest absolute Gasteiger partial charge is 0.493 e. The Kier molecular flexibility index (Phi) is 6.50. The third kappa shape index (κ3) is 4.92. The highest BCUT2D eigenvalue weighted by atomic mass is 32.1. The summed E-state index contributed by atoms with van der Waals surface area (Å²) in [6, 6.07) is 8.08. The molecule has 4 rings (SSSR count). The Balaban J connectivity index is 1.45. The highest BCUT2D eigenvalue weighted by molar-refractivity contribution is 7.10. The number of nitrogens with zero attached hydrogens (tertiary/aromatic N) is 2. The van der Waals surface area contributed by atoms with Crippen LogP contribution in [0.2, 0.25) is 0 Å². The van der Waals surface area contributed by atoms with E-state index in [9.17, 15) is 18.0 Å². The lowest BCUT2D eigenvalue weighted by atomic mass is 10.0. The number of hydrogen-bond donors (Lipinski definition) is 2. The summed E-state index contributed by atoms with van der Waals surface area (Å²) < 4.78 is 52.6. The summed E-state index contributed by atoms with van der Waals surface area (Å²) in [7, 11) is 3.08. The van der Waals surface area contributed by atoms with Crippen LogP contribution in [0, 0.1) is 0 Å². The zero-order chi connectivity index (χ0) is 23.6. The van der Waals surface area contributed by atoms with E-state index >= 15 is 0 Å². The normalized spacial score (nSPS) is 17.7. The van der Waals surface area contributed by atoms with E-state index in [4.69, 9.17) is 9.47 Å². The number of fused-ring (bicyclic) bond motifs is 1. The molecule has 0 spiro atoms. The molecule has 0 aliphatic carbocycles. The molecule has 0 saturated heterocycles. The quantitative estimate of drug-likeness (QED) is 0.517. The Bertz CT molecular complexity index is 1110. The zero-order valence-corrected chi connectivity index (χ0v) is 18.8. The van der Waals surface area contributed by atoms with Gasteiger partial charge in [-0.15, -0.1) is 11.3 Å². The number of hydrogen-bond acceptors (Lipinski definition) is 6. The lowest BCUT2D eigenvalue weighted by Gasteiger charge is -2.32. The van der Waals surface area contributed by atoms with E-state index in [2.05, 4.69) is 15.7 Å². The Morgan fingerprint density at radius 2 is 2.03 bits per heavy atom. The number of carbonyl (C=O) groups excluding carboxylic acids is 1. The predicted octanol–water partition coefficient (Wildman–Crippen LogP) is 4.59. The van der Waals surface area contributed by atoms with Crippen molar-refractivity contribution in [3.05, 3.63) is 57.9 Å². The van der Waals surface area contributed by atoms with Gasteiger partial charge in [0.15, 0.2) is 23.2 Å². The number of rotatable bonds is 7. The highest BCUT2D eigenvalue weighted by Crippen LogP contribution is 2.44. The maximum Gasteiger partial charge on any atom is 0.410 e. The van der Waals surface area contributed by atoms with Gasteiger partial charge in [-0.1, -0.05) is 12.1 Å². The van der Waals surface area contributed by atoms with Gasteiger partial charge < -0.3 is 20.1 Å². The summed E-state index contributed by atoms with van der Waals surface area (Å²) in [5.74, 6) is 0.814. The first-order valence-electron chi connectivity index (χ1n) is 10.3. The molecule has 1 aromatic carbocycles. The molecule has 0 fully saturated rings. The standard InChI is InChI=1S/C22H23F3N4O3S/c1-31-16-6-5-13(10-17(16)32-2)7-8-26-21(30)15-12-20-27-14(18-4-3-9-33-18)11-19(22(23,24)25)29(20)28-15/h3-6,9-10,12,14,19,27H,7-8,11H2,1-2H3,(H,26,30)/t14-,19-/m1/s1. The van der Waals surface area contributed by atoms with E-state index in [0.717, 1.165) is 15.1 Å². The Hall–Kier alpha value is -3.21. The minimum atomic E-state index is -4.49. The molecule has 176 valence electrons. The third-order valence-corrected chi connectivity index (χ3v) is 6.44. The number of methoxy groups -OCH3 is 2. The van der Waals surface area contributed by atoms with Crippen molar-refractivity contribution in [1.82, 2.24) is 15.1 Å². The highest BCUT2D eigenvalue weighted by Gasteiger charge is 2.47. The second-order valence-corrected chi connectivity index (χ2v) is 8.54. The van der Waals surface area contributed by atoms with E-state index in [0.29, 0.717) is 17.9 Å². The first-order valence-corrected chi connectivity index (χ1v) is 11.1. The fraction of sp³-hybridized carbons (Fsp3) is 0.364. The molecular weight excluding hydrogens is 457 g/mol. The van der Waals surface area contributed by atoms with Crippen LogP contribution < -0.4 is 20.1 Å². The second-order valence-electron chi connectivity index (χ2n) is 7.56. The maximum atomic E-state index is 13.7. The molecule has 2 N–H and O–H groups in total. The van der Waals surface area contributed by atoms with Gasteiger partial charge in [0, 0.05) is 23.9 Å². The summed E-state index contributed by atoms with van der Waals surface area (Å²) in [5, 5.41) is 11.6. The van der Waals surface area contributed by atoms with E-state index < -0.39 is 24.2 Å². The molecule has 7 nitrogen and oxygen atoms in total. The van der Waals surface area contributed by atoms with Gasteiger partial charge in [-0.3, -0.25) is 4.79 Å². The summed E-state index contributed by atoms with van der Waals surface area (Å²) >= 11 is 1.39. The van der Waals surface area contributed by atoms with Crippen LogP contribution in [0.5, 0.6) is 11.5 Å². The molecule has 1 aliphatic rings. The van der Waals surface area contributed by atoms with Crippen LogP contribution in [-0.4, -0.2) is 42.6 Å². The van der Waals surface area contributed by atoms with Crippen molar-refractivity contribution in [1.29, 1.82) is 0 Å². The lowest BCUT2D eigenvalue weighted by molar-refractivity contribution is -0.173. The van der Waals surface area contributed by atoms with Gasteiger partial charge in [-0.2, -0.15) is 18.3 Å². The van der Waals surface area contributed by atoms with Gasteiger partial charge in [0.2, 0.25) is 0 Å². The van der Waals surface area contributed by atoms with Gasteiger partial charge in [-0.05, 0) is 35.6 Å². The number of anilines is 1. The van der Waals surface area contributed by atoms with Crippen LogP contribution in [0.1, 0.15) is 39.4 Å². The van der Waals surface area contributed by atoms with Gasteiger partial charge in [0.05, 0.1) is 20.3 Å². The number of amides is 1. The van der Waals surface area contributed by atoms with Gasteiger partial charge >= 0.3 is 6.18 Å². The topological polar surface area (TPSA) is 77.4 Å². The average molecular weight is 481 g/mol. The van der Waals surface area contributed by atoms with Crippen molar-refractivity contribution in [3.8, 4) is 11.5 Å². The first-order chi connectivity index (χ1) is 15.8. The summed E-state index contributed by atoms with van der Waals surface area (Å²) in [5.41, 5.74) is 0.848. The summed E-state index contributed by atoms with van der Waals surface area (Å²) in [6.07, 6.45) is -4.18.